The highest BCUT2D eigenvalue weighted by atomic mass is 32.1. The number of carboxylic acid groups (broad SMARTS) is 1. The topological polar surface area (TPSA) is 79.0 Å². The fourth-order valence-electron chi connectivity index (χ4n) is 3.86. The molecular weight excluding hydrogens is 386 g/mol. The van der Waals surface area contributed by atoms with E-state index in [1.54, 1.807) is 0 Å². The number of amides is 1. The van der Waals surface area contributed by atoms with Crippen molar-refractivity contribution >= 4 is 18.7 Å². The van der Waals surface area contributed by atoms with Crippen molar-refractivity contribution in [3.63, 3.8) is 0 Å². The van der Waals surface area contributed by atoms with Crippen molar-refractivity contribution in [2.24, 2.45) is 5.73 Å². The molecule has 2 heterocycles. The molecule has 1 atom stereocenters. The second-order valence-electron chi connectivity index (χ2n) is 9.18. The van der Waals surface area contributed by atoms with E-state index in [0.29, 0.717) is 13.1 Å². The van der Waals surface area contributed by atoms with Crippen molar-refractivity contribution in [2.75, 3.05) is 33.4 Å². The maximum absolute atomic E-state index is 11.1. The fourth-order valence-corrected chi connectivity index (χ4v) is 3.86. The Morgan fingerprint density at radius 3 is 2.17 bits per heavy atom. The summed E-state index contributed by atoms with van der Waals surface area (Å²) in [5.74, 6) is 0. The van der Waals surface area contributed by atoms with Gasteiger partial charge in [0.2, 0.25) is 0 Å². The van der Waals surface area contributed by atoms with Gasteiger partial charge in [0.1, 0.15) is 0 Å². The van der Waals surface area contributed by atoms with Gasteiger partial charge in [-0.1, -0.05) is 45.0 Å². The number of ether oxygens (including phenoxy) is 1. The van der Waals surface area contributed by atoms with Gasteiger partial charge in [-0.05, 0) is 37.9 Å². The number of likely N-dealkylation sites (N-methyl/N-ethyl adjacent to an activating group) is 1. The number of likely N-dealkylation sites (tertiary alicyclic amines) is 1. The van der Waals surface area contributed by atoms with Gasteiger partial charge in [-0.15, -0.1) is 0 Å². The first-order chi connectivity index (χ1) is 13.4. The molecule has 0 aromatic heterocycles. The van der Waals surface area contributed by atoms with Crippen LogP contribution >= 0.6 is 12.6 Å². The predicted molar refractivity (Wildman–Crippen MR) is 121 cm³/mol. The van der Waals surface area contributed by atoms with Crippen LogP contribution in [-0.2, 0) is 10.3 Å². The van der Waals surface area contributed by atoms with Crippen molar-refractivity contribution in [3.8, 4) is 0 Å². The highest BCUT2D eigenvalue weighted by Crippen LogP contribution is 2.40. The summed E-state index contributed by atoms with van der Waals surface area (Å²) in [6, 6.07) is 8.85. The molecule has 3 rings (SSSR count). The van der Waals surface area contributed by atoms with Crippen molar-refractivity contribution in [2.45, 2.75) is 62.9 Å². The van der Waals surface area contributed by atoms with E-state index in [4.69, 9.17) is 15.6 Å². The lowest BCUT2D eigenvalue weighted by Gasteiger charge is -2.53. The number of nitrogens with zero attached hydrogens (tertiary/aromatic N) is 2. The second kappa shape index (κ2) is 9.69. The molecule has 0 spiro atoms. The molecule has 29 heavy (non-hydrogen) atoms. The number of nitrogens with two attached hydrogens (primary N) is 1. The predicted octanol–water partition coefficient (Wildman–Crippen LogP) is 3.72. The summed E-state index contributed by atoms with van der Waals surface area (Å²) in [4.78, 5) is 14.9. The first-order valence-electron chi connectivity index (χ1n) is 10.3. The van der Waals surface area contributed by atoms with Gasteiger partial charge in [0, 0.05) is 43.1 Å². The Kier molecular flexibility index (Phi) is 8.01. The van der Waals surface area contributed by atoms with Crippen LogP contribution in [-0.4, -0.2) is 65.1 Å². The zero-order valence-electron chi connectivity index (χ0n) is 18.4. The molecule has 3 N–H and O–H groups in total. The van der Waals surface area contributed by atoms with Gasteiger partial charge in [-0.25, -0.2) is 4.79 Å². The smallest absolute Gasteiger partial charge is 0.407 e. The molecule has 7 heteroatoms. The Morgan fingerprint density at radius 1 is 1.28 bits per heavy atom. The van der Waals surface area contributed by atoms with Crippen LogP contribution in [0.25, 0.3) is 0 Å². The maximum Gasteiger partial charge on any atom is 0.407 e. The molecule has 0 saturated carbocycles. The van der Waals surface area contributed by atoms with Gasteiger partial charge >= 0.3 is 6.09 Å². The number of carbonyl (C=O) groups is 1. The van der Waals surface area contributed by atoms with Gasteiger partial charge in [0.25, 0.3) is 0 Å². The van der Waals surface area contributed by atoms with Crippen LogP contribution < -0.4 is 5.73 Å². The van der Waals surface area contributed by atoms with Crippen LogP contribution in [0.5, 0.6) is 0 Å². The minimum absolute atomic E-state index is 0.0261. The lowest BCUT2D eigenvalue weighted by Crippen LogP contribution is -2.65. The summed E-state index contributed by atoms with van der Waals surface area (Å²) in [5.41, 5.74) is 8.27. The lowest BCUT2D eigenvalue weighted by molar-refractivity contribution is -0.0690. The first-order valence-corrected chi connectivity index (χ1v) is 10.8. The highest BCUT2D eigenvalue weighted by Gasteiger charge is 2.45. The van der Waals surface area contributed by atoms with Crippen LogP contribution in [0.1, 0.15) is 57.7 Å². The Balaban J connectivity index is 0.000000537. The van der Waals surface area contributed by atoms with Crippen LogP contribution in [0.2, 0.25) is 0 Å². The van der Waals surface area contributed by atoms with Crippen LogP contribution in [0.3, 0.4) is 0 Å². The van der Waals surface area contributed by atoms with Gasteiger partial charge in [-0.3, -0.25) is 4.90 Å². The van der Waals surface area contributed by atoms with Crippen molar-refractivity contribution < 1.29 is 14.6 Å². The molecule has 1 aromatic rings. The average Bonchev–Trinajstić information content (AvgIpc) is 2.59. The SMILES string of the molecule is CC(C)(C)S.C[C@H](N)c1ccc(C2(N(C)C3CN(C(=O)O)C3)CCOCC2)cc1. The van der Waals surface area contributed by atoms with Gasteiger partial charge in [-0.2, -0.15) is 12.6 Å². The summed E-state index contributed by atoms with van der Waals surface area (Å²) in [5, 5.41) is 9.08. The Labute approximate surface area is 180 Å². The molecule has 2 saturated heterocycles. The zero-order chi connectivity index (χ0) is 21.8. The standard InChI is InChI=1S/C18H27N3O3.C4H10S/c1-13(19)14-3-5-15(6-4-14)18(7-9-24-10-8-18)20(2)16-11-21(12-16)17(22)23;1-4(2,3)5/h3-6,13,16H,7-12,19H2,1-2H3,(H,22,23);5H,1-3H3/t13-;/m0./s1. The van der Waals surface area contributed by atoms with E-state index in [2.05, 4.69) is 69.6 Å². The van der Waals surface area contributed by atoms with Gasteiger partial charge < -0.3 is 20.5 Å². The van der Waals surface area contributed by atoms with E-state index in [-0.39, 0.29) is 22.4 Å². The van der Waals surface area contributed by atoms with E-state index in [1.807, 2.05) is 6.92 Å². The van der Waals surface area contributed by atoms with E-state index in [0.717, 1.165) is 31.6 Å². The largest absolute Gasteiger partial charge is 0.465 e. The third-order valence-corrected chi connectivity index (χ3v) is 5.65. The molecule has 0 aliphatic carbocycles. The number of hydrogen-bond acceptors (Lipinski definition) is 5. The van der Waals surface area contributed by atoms with E-state index in [9.17, 15) is 4.79 Å². The third-order valence-electron chi connectivity index (χ3n) is 5.65. The first kappa shape index (κ1) is 24.0. The summed E-state index contributed by atoms with van der Waals surface area (Å²) in [7, 11) is 2.12. The number of rotatable bonds is 4. The Morgan fingerprint density at radius 2 is 1.76 bits per heavy atom. The molecule has 2 aliphatic rings. The molecule has 2 aliphatic heterocycles. The maximum atomic E-state index is 11.1. The molecule has 2 fully saturated rings. The molecule has 0 bridgehead atoms. The molecule has 6 nitrogen and oxygen atoms in total. The Hall–Kier alpha value is -1.28. The molecule has 1 amide bonds. The lowest BCUT2D eigenvalue weighted by atomic mass is 9.79. The second-order valence-corrected chi connectivity index (χ2v) is 10.5. The van der Waals surface area contributed by atoms with Crippen LogP contribution in [0.4, 0.5) is 4.79 Å². The summed E-state index contributed by atoms with van der Waals surface area (Å²) >= 11 is 4.12. The van der Waals surface area contributed by atoms with Crippen molar-refractivity contribution in [1.29, 1.82) is 0 Å². The summed E-state index contributed by atoms with van der Waals surface area (Å²) in [6.45, 7) is 10.8. The van der Waals surface area contributed by atoms with Gasteiger partial charge in [0.05, 0.1) is 5.54 Å². The van der Waals surface area contributed by atoms with E-state index >= 15 is 0 Å². The number of hydrogen-bond donors (Lipinski definition) is 3. The van der Waals surface area contributed by atoms with Crippen molar-refractivity contribution in [3.05, 3.63) is 35.4 Å². The Bertz CT molecular complexity index is 655. The minimum Gasteiger partial charge on any atom is -0.465 e. The van der Waals surface area contributed by atoms with E-state index < -0.39 is 6.09 Å². The molecule has 164 valence electrons. The number of benzene rings is 1. The van der Waals surface area contributed by atoms with Gasteiger partial charge in [0.15, 0.2) is 0 Å². The highest BCUT2D eigenvalue weighted by molar-refractivity contribution is 7.81. The average molecular weight is 424 g/mol. The van der Waals surface area contributed by atoms with Crippen LogP contribution in [0, 0.1) is 0 Å². The monoisotopic (exact) mass is 423 g/mol. The molecule has 0 unspecified atom stereocenters. The molecule has 0 radical (unpaired) electrons. The fraction of sp³-hybridized carbons (Fsp3) is 0.682. The summed E-state index contributed by atoms with van der Waals surface area (Å²) in [6.07, 6.45) is 1.01. The minimum atomic E-state index is -0.832. The quantitative estimate of drug-likeness (QED) is 0.643. The number of thiol groups is 1. The third kappa shape index (κ3) is 6.35. The normalized spacial score (nSPS) is 20.5. The van der Waals surface area contributed by atoms with E-state index in [1.165, 1.54) is 10.5 Å². The molecular formula is C22H37N3O3S. The zero-order valence-corrected chi connectivity index (χ0v) is 19.3. The van der Waals surface area contributed by atoms with Crippen LogP contribution in [0.15, 0.2) is 24.3 Å². The molecule has 1 aromatic carbocycles. The summed E-state index contributed by atoms with van der Waals surface area (Å²) < 4.78 is 5.79. The van der Waals surface area contributed by atoms with Crippen molar-refractivity contribution in [1.82, 2.24) is 9.80 Å².